The molecule has 0 unspecified atom stereocenters. The van der Waals surface area contributed by atoms with E-state index < -0.39 is 77.6 Å². The van der Waals surface area contributed by atoms with Gasteiger partial charge in [-0.15, -0.1) is 0 Å². The van der Waals surface area contributed by atoms with Crippen LogP contribution in [-0.4, -0.2) is 61.2 Å². The molecule has 11 heteroatoms. The topological polar surface area (TPSA) is 139 Å². The van der Waals surface area contributed by atoms with E-state index in [9.17, 15) is 28.8 Å². The summed E-state index contributed by atoms with van der Waals surface area (Å²) in [4.78, 5) is 73.0. The van der Waals surface area contributed by atoms with Crippen LogP contribution in [0.15, 0.2) is 0 Å². The summed E-state index contributed by atoms with van der Waals surface area (Å²) in [6.45, 7) is 8.53. The summed E-state index contributed by atoms with van der Waals surface area (Å²) < 4.78 is 19.6. The van der Waals surface area contributed by atoms with Gasteiger partial charge in [-0.05, 0) is 0 Å². The minimum absolute atomic E-state index is 0.108. The molecule has 0 aromatic rings. The Morgan fingerprint density at radius 1 is 0.594 bits per heavy atom. The van der Waals surface area contributed by atoms with E-state index in [1.165, 1.54) is 0 Å². The van der Waals surface area contributed by atoms with Crippen molar-refractivity contribution >= 4 is 35.3 Å². The van der Waals surface area contributed by atoms with Gasteiger partial charge in [-0.1, -0.05) is 0 Å². The van der Waals surface area contributed by atoms with Crippen LogP contribution >= 0.6 is 0 Å². The van der Waals surface area contributed by atoms with E-state index >= 15 is 0 Å². The molecule has 0 aliphatic rings. The molecule has 0 aromatic carbocycles. The van der Waals surface area contributed by atoms with E-state index in [1.807, 2.05) is 0 Å². The second-order valence-corrected chi connectivity index (χ2v) is 13.2. The maximum absolute atomic E-state index is 12.6. The van der Waals surface area contributed by atoms with E-state index in [2.05, 4.69) is 0 Å². The molecule has 0 amide bonds. The van der Waals surface area contributed by atoms with Crippen LogP contribution in [0.5, 0.6) is 0 Å². The Hall–Kier alpha value is -1.91. The quantitative estimate of drug-likeness (QED) is 0.128. The van der Waals surface area contributed by atoms with Gasteiger partial charge in [-0.25, -0.2) is 0 Å². The molecule has 0 aliphatic heterocycles. The first kappa shape index (κ1) is 30.1. The Kier molecular flexibility index (Phi) is 14.9. The van der Waals surface area contributed by atoms with E-state index in [0.717, 1.165) is 0 Å². The Morgan fingerprint density at radius 2 is 0.875 bits per heavy atom. The molecule has 0 saturated heterocycles. The number of hydrogen-bond acceptors (Lipinski definition) is 10. The molecule has 32 heavy (non-hydrogen) atoms. The standard InChI is InChI=1S/3C6H9O3.C3H7O.Ti/c3*1-3-9-6(8)4-5(2)7;1-3(2)4;/h3*2-4H2,1H3;3H,1-2H3;/q;;;-1;+1. The van der Waals surface area contributed by atoms with Crippen LogP contribution in [0.2, 0.25) is 14.2 Å². The number of Topliss-reactive ketones (excluding diaryl/α,β-unsaturated/α-hetero) is 3. The monoisotopic (exact) mass is 494 g/mol. The van der Waals surface area contributed by atoms with Crippen molar-refractivity contribution in [1.29, 1.82) is 0 Å². The minimum atomic E-state index is -4.14. The van der Waals surface area contributed by atoms with Gasteiger partial charge in [0.2, 0.25) is 0 Å². The molecule has 10 nitrogen and oxygen atoms in total. The number of carbonyl (C=O) groups excluding carboxylic acids is 6. The van der Waals surface area contributed by atoms with E-state index in [1.54, 1.807) is 34.6 Å². The third-order valence-electron chi connectivity index (χ3n) is 3.98. The van der Waals surface area contributed by atoms with Gasteiger partial charge < -0.3 is 0 Å². The van der Waals surface area contributed by atoms with Crippen molar-refractivity contribution in [2.45, 2.75) is 74.2 Å². The molecular weight excluding hydrogens is 460 g/mol. The molecular formula is C21H34O10Ti. The first-order valence-electron chi connectivity index (χ1n) is 10.7. The first-order chi connectivity index (χ1) is 15.0. The van der Waals surface area contributed by atoms with Gasteiger partial charge in [-0.2, -0.15) is 0 Å². The van der Waals surface area contributed by atoms with Crippen LogP contribution in [0.3, 0.4) is 0 Å². The summed E-state index contributed by atoms with van der Waals surface area (Å²) in [6.07, 6.45) is -1.96. The zero-order valence-electron chi connectivity index (χ0n) is 19.5. The van der Waals surface area contributed by atoms with Gasteiger partial charge in [-0.3, -0.25) is 0 Å². The van der Waals surface area contributed by atoms with Gasteiger partial charge in [0.15, 0.2) is 0 Å². The van der Waals surface area contributed by atoms with Crippen molar-refractivity contribution in [2.24, 2.45) is 0 Å². The van der Waals surface area contributed by atoms with Crippen molar-refractivity contribution in [2.75, 3.05) is 19.8 Å². The Bertz CT molecular complexity index is 602. The average molecular weight is 494 g/mol. The number of hydrogen-bond donors (Lipinski definition) is 0. The van der Waals surface area contributed by atoms with Crippen molar-refractivity contribution in [3.8, 4) is 0 Å². The predicted molar refractivity (Wildman–Crippen MR) is 109 cm³/mol. The summed E-state index contributed by atoms with van der Waals surface area (Å²) in [7, 11) is 0. The fraction of sp³-hybridized carbons (Fsp3) is 0.714. The van der Waals surface area contributed by atoms with Crippen LogP contribution in [-0.2, 0) is 63.3 Å². The van der Waals surface area contributed by atoms with Crippen molar-refractivity contribution < 1.29 is 63.3 Å². The maximum atomic E-state index is 12.6. The van der Waals surface area contributed by atoms with Crippen molar-refractivity contribution in [1.82, 2.24) is 0 Å². The summed E-state index contributed by atoms with van der Waals surface area (Å²) in [5.41, 5.74) is 0. The van der Waals surface area contributed by atoms with Gasteiger partial charge >= 0.3 is 193 Å². The molecule has 182 valence electrons. The first-order valence-corrected chi connectivity index (χ1v) is 14.6. The van der Waals surface area contributed by atoms with Crippen molar-refractivity contribution in [3.05, 3.63) is 0 Å². The number of ether oxygens (including phenoxy) is 3. The van der Waals surface area contributed by atoms with E-state index in [-0.39, 0.29) is 34.0 Å². The predicted octanol–water partition coefficient (Wildman–Crippen LogP) is 2.30. The molecule has 0 aliphatic carbocycles. The summed E-state index contributed by atoms with van der Waals surface area (Å²) in [5, 5.41) is 0. The zero-order chi connectivity index (χ0) is 24.7. The molecule has 0 aromatic heterocycles. The molecule has 0 fully saturated rings. The Morgan fingerprint density at radius 3 is 1.09 bits per heavy atom. The summed E-state index contributed by atoms with van der Waals surface area (Å²) in [6, 6.07) is 0. The fourth-order valence-electron chi connectivity index (χ4n) is 3.20. The van der Waals surface area contributed by atoms with E-state index in [4.69, 9.17) is 17.5 Å². The van der Waals surface area contributed by atoms with Crippen LogP contribution < -0.4 is 0 Å². The molecule has 0 N–H and O–H groups in total. The number of rotatable bonds is 17. The molecule has 0 radical (unpaired) electrons. The summed E-state index contributed by atoms with van der Waals surface area (Å²) in [5.74, 6) is -3.69. The molecule has 0 bridgehead atoms. The van der Waals surface area contributed by atoms with Gasteiger partial charge in [0.25, 0.3) is 0 Å². The Balaban J connectivity index is 5.73. The molecule has 0 saturated carbocycles. The van der Waals surface area contributed by atoms with Gasteiger partial charge in [0.05, 0.1) is 0 Å². The third-order valence-corrected chi connectivity index (χ3v) is 10.4. The van der Waals surface area contributed by atoms with Crippen LogP contribution in [0.25, 0.3) is 0 Å². The summed E-state index contributed by atoms with van der Waals surface area (Å²) >= 11 is -4.14. The molecule has 0 heterocycles. The van der Waals surface area contributed by atoms with E-state index in [0.29, 0.717) is 0 Å². The van der Waals surface area contributed by atoms with Crippen LogP contribution in [0, 0.1) is 0 Å². The third kappa shape index (κ3) is 13.5. The molecule has 0 atom stereocenters. The zero-order valence-corrected chi connectivity index (χ0v) is 21.1. The number of ketones is 3. The fourth-order valence-corrected chi connectivity index (χ4v) is 9.69. The van der Waals surface area contributed by atoms with Gasteiger partial charge in [0.1, 0.15) is 0 Å². The Labute approximate surface area is 192 Å². The normalized spacial score (nSPS) is 11.1. The van der Waals surface area contributed by atoms with Crippen molar-refractivity contribution in [3.63, 3.8) is 0 Å². The number of esters is 3. The molecule has 0 rings (SSSR count). The SMILES string of the molecule is CCOC(=O)CC(=O)[CH2][Ti]([CH2]C(=O)CC(=O)OCC)([CH2]C(=O)CC(=O)OCC)[O]C(C)C. The second kappa shape index (κ2) is 15.8. The average Bonchev–Trinajstić information content (AvgIpc) is 2.60. The number of carbonyl (C=O) groups is 6. The van der Waals surface area contributed by atoms with Crippen LogP contribution in [0.1, 0.15) is 53.9 Å². The second-order valence-electron chi connectivity index (χ2n) is 7.44. The molecule has 0 spiro atoms. The van der Waals surface area contributed by atoms with Gasteiger partial charge in [0, 0.05) is 0 Å². The van der Waals surface area contributed by atoms with Crippen LogP contribution in [0.4, 0.5) is 0 Å².